The van der Waals surface area contributed by atoms with Crippen LogP contribution in [0.5, 0.6) is 0 Å². The second-order valence-electron chi connectivity index (χ2n) is 12.9. The van der Waals surface area contributed by atoms with Crippen molar-refractivity contribution in [2.75, 3.05) is 13.1 Å². The molecule has 7 nitrogen and oxygen atoms in total. The quantitative estimate of drug-likeness (QED) is 0.335. The molecule has 232 valence electrons. The first kappa shape index (κ1) is 32.5. The van der Waals surface area contributed by atoms with E-state index in [-0.39, 0.29) is 29.6 Å². The van der Waals surface area contributed by atoms with E-state index in [0.717, 1.165) is 49.5 Å². The molecule has 0 spiro atoms. The predicted molar refractivity (Wildman–Crippen MR) is 160 cm³/mol. The number of carbonyl (C=O) groups is 2. The van der Waals surface area contributed by atoms with Crippen LogP contribution in [0.2, 0.25) is 0 Å². The molecule has 42 heavy (non-hydrogen) atoms. The summed E-state index contributed by atoms with van der Waals surface area (Å²) >= 11 is 1.06. The van der Waals surface area contributed by atoms with Gasteiger partial charge in [-0.05, 0) is 76.4 Å². The molecule has 1 saturated heterocycles. The lowest BCUT2D eigenvalue weighted by atomic mass is 9.80. The predicted octanol–water partition coefficient (Wildman–Crippen LogP) is 6.66. The molecular formula is C30H40F3N3O4S2. The molecule has 12 heteroatoms. The number of carboxylic acids is 1. The minimum Gasteiger partial charge on any atom is -0.481 e. The van der Waals surface area contributed by atoms with Crippen LogP contribution in [0.15, 0.2) is 23.1 Å². The number of amides is 1. The van der Waals surface area contributed by atoms with Gasteiger partial charge in [0, 0.05) is 18.6 Å². The number of rotatable bonds is 7. The normalized spacial score (nSPS) is 19.8. The number of piperidine rings is 1. The van der Waals surface area contributed by atoms with Crippen molar-refractivity contribution >= 4 is 38.8 Å². The average Bonchev–Trinajstić information content (AvgIpc) is 3.30. The van der Waals surface area contributed by atoms with E-state index in [9.17, 15) is 32.1 Å². The molecule has 0 radical (unpaired) electrons. The van der Waals surface area contributed by atoms with Crippen LogP contribution in [-0.4, -0.2) is 55.6 Å². The van der Waals surface area contributed by atoms with E-state index in [1.165, 1.54) is 12.1 Å². The molecule has 1 aliphatic heterocycles. The van der Waals surface area contributed by atoms with E-state index in [0.29, 0.717) is 35.8 Å². The van der Waals surface area contributed by atoms with Crippen LogP contribution in [0.3, 0.4) is 0 Å². The number of benzene rings is 1. The van der Waals surface area contributed by atoms with Crippen LogP contribution in [0, 0.1) is 11.3 Å². The first-order valence-electron chi connectivity index (χ1n) is 14.3. The standard InChI is InChI=1S/C30H40F3N3O4S2/c1-28(2,3)35-42(5,40)23-12-11-20(18-21(23)30(31,32)33)24-22(17-19-9-7-6-8-10-19)34-25(41-24)26(37)36-15-13-29(4,14-16-36)27(38)39/h11-12,18-19H,5-10,13-17H2,1-4H3,(H,35,40)(H,38,39). The van der Waals surface area contributed by atoms with Gasteiger partial charge in [0.1, 0.15) is 0 Å². The zero-order chi connectivity index (χ0) is 31.1. The Morgan fingerprint density at radius 3 is 2.33 bits per heavy atom. The van der Waals surface area contributed by atoms with Crippen molar-refractivity contribution in [3.63, 3.8) is 0 Å². The fourth-order valence-corrected chi connectivity index (χ4v) is 8.73. The number of halogens is 3. The third-order valence-electron chi connectivity index (χ3n) is 8.13. The maximum atomic E-state index is 14.4. The van der Waals surface area contributed by atoms with E-state index in [2.05, 4.69) is 15.6 Å². The molecule has 2 heterocycles. The molecule has 1 saturated carbocycles. The SMILES string of the molecule is C=S(=O)(NC(C)(C)C)c1ccc(-c2sc(C(=O)N3CCC(C)(C(=O)O)CC3)nc2CC2CCCCC2)cc1C(F)(F)F. The van der Waals surface area contributed by atoms with Crippen molar-refractivity contribution in [2.24, 2.45) is 11.3 Å². The monoisotopic (exact) mass is 627 g/mol. The molecule has 1 aromatic carbocycles. The van der Waals surface area contributed by atoms with Gasteiger partial charge in [-0.25, -0.2) is 13.9 Å². The van der Waals surface area contributed by atoms with E-state index in [4.69, 9.17) is 0 Å². The van der Waals surface area contributed by atoms with E-state index < -0.39 is 43.3 Å². The number of thiazole rings is 1. The Morgan fingerprint density at radius 1 is 1.17 bits per heavy atom. The summed E-state index contributed by atoms with van der Waals surface area (Å²) in [5.74, 6) is 2.71. The minimum atomic E-state index is -4.79. The van der Waals surface area contributed by atoms with E-state index >= 15 is 0 Å². The van der Waals surface area contributed by atoms with Gasteiger partial charge in [-0.2, -0.15) is 13.2 Å². The number of likely N-dealkylation sites (tertiary alicyclic amines) is 1. The Morgan fingerprint density at radius 2 is 1.79 bits per heavy atom. The third-order valence-corrected chi connectivity index (χ3v) is 11.3. The Balaban J connectivity index is 1.74. The number of aliphatic carboxylic acids is 1. The lowest BCUT2D eigenvalue weighted by molar-refractivity contribution is -0.150. The highest BCUT2D eigenvalue weighted by Crippen LogP contribution is 2.41. The fraction of sp³-hybridized carbons (Fsp3) is 0.600. The summed E-state index contributed by atoms with van der Waals surface area (Å²) in [6, 6.07) is 3.72. The topological polar surface area (TPSA) is 99.6 Å². The number of alkyl halides is 3. The van der Waals surface area contributed by atoms with E-state index in [1.54, 1.807) is 32.6 Å². The zero-order valence-corrected chi connectivity index (χ0v) is 26.2. The van der Waals surface area contributed by atoms with Crippen molar-refractivity contribution in [3.05, 3.63) is 34.5 Å². The smallest absolute Gasteiger partial charge is 0.417 e. The highest BCUT2D eigenvalue weighted by molar-refractivity contribution is 7.98. The second kappa shape index (κ2) is 11.9. The molecule has 2 fully saturated rings. The van der Waals surface area contributed by atoms with Gasteiger partial charge in [0.25, 0.3) is 5.91 Å². The summed E-state index contributed by atoms with van der Waals surface area (Å²) in [6.07, 6.45) is 1.69. The maximum Gasteiger partial charge on any atom is 0.417 e. The molecule has 1 atom stereocenters. The van der Waals surface area contributed by atoms with Gasteiger partial charge >= 0.3 is 12.1 Å². The summed E-state index contributed by atoms with van der Waals surface area (Å²) in [7, 11) is -3.49. The molecule has 1 unspecified atom stereocenters. The van der Waals surface area contributed by atoms with Gasteiger partial charge in [-0.15, -0.1) is 11.3 Å². The number of nitrogens with one attached hydrogen (secondary N) is 1. The van der Waals surface area contributed by atoms with Crippen LogP contribution in [0.25, 0.3) is 10.4 Å². The van der Waals surface area contributed by atoms with Crippen LogP contribution in [0.1, 0.15) is 93.7 Å². The van der Waals surface area contributed by atoms with Gasteiger partial charge in [0.15, 0.2) is 5.01 Å². The number of carbonyl (C=O) groups excluding carboxylic acids is 1. The highest BCUT2D eigenvalue weighted by atomic mass is 32.2. The van der Waals surface area contributed by atoms with Crippen molar-refractivity contribution in [3.8, 4) is 10.4 Å². The maximum absolute atomic E-state index is 14.4. The Bertz CT molecular complexity index is 1430. The molecule has 2 aliphatic rings. The van der Waals surface area contributed by atoms with Crippen molar-refractivity contribution in [2.45, 2.75) is 95.7 Å². The third kappa shape index (κ3) is 7.37. The Labute approximate surface area is 250 Å². The highest BCUT2D eigenvalue weighted by Gasteiger charge is 2.40. The average molecular weight is 628 g/mol. The lowest BCUT2D eigenvalue weighted by Gasteiger charge is -2.36. The van der Waals surface area contributed by atoms with Crippen LogP contribution >= 0.6 is 11.3 Å². The van der Waals surface area contributed by atoms with Crippen LogP contribution in [-0.2, 0) is 27.1 Å². The molecule has 0 bridgehead atoms. The largest absolute Gasteiger partial charge is 0.481 e. The van der Waals surface area contributed by atoms with Crippen molar-refractivity contribution in [1.82, 2.24) is 14.6 Å². The van der Waals surface area contributed by atoms with Crippen LogP contribution < -0.4 is 4.72 Å². The molecular weight excluding hydrogens is 587 g/mol. The number of carboxylic acid groups (broad SMARTS) is 1. The number of aromatic nitrogens is 1. The molecule has 2 aromatic rings. The molecule has 4 rings (SSSR count). The number of hydrogen-bond donors (Lipinski definition) is 2. The Hall–Kier alpha value is -2.44. The van der Waals surface area contributed by atoms with Crippen molar-refractivity contribution < 1.29 is 32.1 Å². The van der Waals surface area contributed by atoms with Gasteiger partial charge < -0.3 is 10.0 Å². The molecule has 1 aliphatic carbocycles. The fourth-order valence-electron chi connectivity index (χ4n) is 5.75. The van der Waals surface area contributed by atoms with Crippen molar-refractivity contribution in [1.29, 1.82) is 0 Å². The summed E-state index contributed by atoms with van der Waals surface area (Å²) in [5, 5.41) is 9.73. The zero-order valence-electron chi connectivity index (χ0n) is 24.6. The molecule has 1 aromatic heterocycles. The summed E-state index contributed by atoms with van der Waals surface area (Å²) in [5.41, 5.74) is -1.83. The van der Waals surface area contributed by atoms with E-state index in [1.807, 2.05) is 0 Å². The van der Waals surface area contributed by atoms with Gasteiger partial charge in [0.2, 0.25) is 0 Å². The summed E-state index contributed by atoms with van der Waals surface area (Å²) in [6.45, 7) is 7.32. The summed E-state index contributed by atoms with van der Waals surface area (Å²) < 4.78 is 59.3. The van der Waals surface area contributed by atoms with Gasteiger partial charge in [-0.1, -0.05) is 38.2 Å². The lowest BCUT2D eigenvalue weighted by Crippen LogP contribution is -2.45. The second-order valence-corrected chi connectivity index (χ2v) is 15.9. The summed E-state index contributed by atoms with van der Waals surface area (Å²) in [4.78, 5) is 31.5. The van der Waals surface area contributed by atoms with Gasteiger partial charge in [0.05, 0.1) is 36.2 Å². The molecule has 1 amide bonds. The first-order valence-corrected chi connectivity index (χ1v) is 16.8. The van der Waals surface area contributed by atoms with Gasteiger partial charge in [-0.3, -0.25) is 9.59 Å². The molecule has 2 N–H and O–H groups in total. The minimum absolute atomic E-state index is 0.183. The van der Waals surface area contributed by atoms with Crippen LogP contribution in [0.4, 0.5) is 13.2 Å². The number of hydrogen-bond acceptors (Lipinski definition) is 5. The first-order chi connectivity index (χ1) is 19.4. The Kier molecular flexibility index (Phi) is 9.21. The number of nitrogens with zero attached hydrogens (tertiary/aromatic N) is 2.